The summed E-state index contributed by atoms with van der Waals surface area (Å²) in [5.74, 6) is 0.377. The van der Waals surface area contributed by atoms with Crippen LogP contribution in [0.4, 0.5) is 23.0 Å². The number of anilines is 3. The van der Waals surface area contributed by atoms with Gasteiger partial charge < -0.3 is 10.2 Å². The quantitative estimate of drug-likeness (QED) is 0.481. The number of hydrogen-bond donors (Lipinski definition) is 1. The third-order valence-corrected chi connectivity index (χ3v) is 7.58. The maximum Gasteiger partial charge on any atom is 0.353 e. The normalized spacial score (nSPS) is 17.0. The molecule has 1 unspecified atom stereocenters. The molecule has 1 fully saturated rings. The highest BCUT2D eigenvalue weighted by atomic mass is 32.2. The number of aromatic nitrogens is 2. The summed E-state index contributed by atoms with van der Waals surface area (Å²) in [6, 6.07) is 6.27. The van der Waals surface area contributed by atoms with Crippen molar-refractivity contribution in [2.75, 3.05) is 29.9 Å². The van der Waals surface area contributed by atoms with E-state index in [1.807, 2.05) is 11.8 Å². The standard InChI is InChI=1S/C20H28N6O4S/c1-4-24(5-2)31(29,30)17-11-9-16(10-12-17)23-19-18(26(27)28)20(22-14-21-19)25-13-7-6-8-15(25)3/h9-12,14-15H,4-8,13H2,1-3H3,(H,21,22,23). The van der Waals surface area contributed by atoms with Gasteiger partial charge in [0.1, 0.15) is 6.33 Å². The van der Waals surface area contributed by atoms with Gasteiger partial charge in [0.25, 0.3) is 0 Å². The molecule has 0 aliphatic carbocycles. The fourth-order valence-electron chi connectivity index (χ4n) is 3.81. The van der Waals surface area contributed by atoms with Crippen molar-refractivity contribution in [3.8, 4) is 0 Å². The van der Waals surface area contributed by atoms with Crippen molar-refractivity contribution in [1.29, 1.82) is 0 Å². The zero-order valence-electron chi connectivity index (χ0n) is 18.0. The van der Waals surface area contributed by atoms with Gasteiger partial charge in [-0.15, -0.1) is 0 Å². The molecule has 10 nitrogen and oxygen atoms in total. The smallest absolute Gasteiger partial charge is 0.348 e. The van der Waals surface area contributed by atoms with E-state index >= 15 is 0 Å². The Morgan fingerprint density at radius 1 is 1.19 bits per heavy atom. The van der Waals surface area contributed by atoms with Crippen molar-refractivity contribution in [2.24, 2.45) is 0 Å². The van der Waals surface area contributed by atoms with Crippen LogP contribution in [0, 0.1) is 10.1 Å². The van der Waals surface area contributed by atoms with Crippen LogP contribution < -0.4 is 10.2 Å². The van der Waals surface area contributed by atoms with E-state index in [1.165, 1.54) is 22.8 Å². The van der Waals surface area contributed by atoms with Crippen molar-refractivity contribution in [1.82, 2.24) is 14.3 Å². The Balaban J connectivity index is 1.91. The fraction of sp³-hybridized carbons (Fsp3) is 0.500. The topological polar surface area (TPSA) is 122 Å². The summed E-state index contributed by atoms with van der Waals surface area (Å²) < 4.78 is 26.7. The molecule has 1 aromatic heterocycles. The first-order valence-electron chi connectivity index (χ1n) is 10.4. The predicted molar refractivity (Wildman–Crippen MR) is 119 cm³/mol. The van der Waals surface area contributed by atoms with Gasteiger partial charge in [-0.1, -0.05) is 13.8 Å². The Bertz CT molecular complexity index is 1020. The molecule has 1 aliphatic rings. The number of benzene rings is 1. The van der Waals surface area contributed by atoms with Crippen LogP contribution in [0.2, 0.25) is 0 Å². The van der Waals surface area contributed by atoms with Crippen LogP contribution in [0.5, 0.6) is 0 Å². The minimum atomic E-state index is -3.57. The van der Waals surface area contributed by atoms with Crippen molar-refractivity contribution < 1.29 is 13.3 Å². The maximum atomic E-state index is 12.6. The van der Waals surface area contributed by atoms with E-state index in [0.29, 0.717) is 31.1 Å². The minimum Gasteiger partial charge on any atom is -0.348 e. The molecule has 11 heteroatoms. The fourth-order valence-corrected chi connectivity index (χ4v) is 5.27. The van der Waals surface area contributed by atoms with Crippen LogP contribution in [0.25, 0.3) is 0 Å². The summed E-state index contributed by atoms with van der Waals surface area (Å²) in [7, 11) is -3.57. The highest BCUT2D eigenvalue weighted by Crippen LogP contribution is 2.36. The van der Waals surface area contributed by atoms with Crippen LogP contribution in [-0.2, 0) is 10.0 Å². The minimum absolute atomic E-state index is 0.0760. The molecule has 1 aliphatic heterocycles. The Morgan fingerprint density at radius 3 is 2.45 bits per heavy atom. The molecule has 1 atom stereocenters. The van der Waals surface area contributed by atoms with E-state index in [4.69, 9.17) is 0 Å². The number of rotatable bonds is 8. The van der Waals surface area contributed by atoms with Gasteiger partial charge in [0.05, 0.1) is 9.82 Å². The van der Waals surface area contributed by atoms with E-state index in [2.05, 4.69) is 15.3 Å². The number of hydrogen-bond acceptors (Lipinski definition) is 8. The summed E-state index contributed by atoms with van der Waals surface area (Å²) >= 11 is 0. The Labute approximate surface area is 182 Å². The zero-order valence-corrected chi connectivity index (χ0v) is 18.8. The predicted octanol–water partition coefficient (Wildman–Crippen LogP) is 3.54. The average Bonchev–Trinajstić information content (AvgIpc) is 2.75. The van der Waals surface area contributed by atoms with Gasteiger partial charge in [-0.25, -0.2) is 18.4 Å². The monoisotopic (exact) mass is 448 g/mol. The summed E-state index contributed by atoms with van der Waals surface area (Å²) in [4.78, 5) is 21.8. The van der Waals surface area contributed by atoms with Gasteiger partial charge in [0.2, 0.25) is 21.7 Å². The highest BCUT2D eigenvalue weighted by molar-refractivity contribution is 7.89. The number of nitrogens with one attached hydrogen (secondary N) is 1. The maximum absolute atomic E-state index is 12.6. The second-order valence-electron chi connectivity index (χ2n) is 7.43. The van der Waals surface area contributed by atoms with Crippen molar-refractivity contribution in [3.63, 3.8) is 0 Å². The number of piperidine rings is 1. The van der Waals surface area contributed by atoms with Crippen molar-refractivity contribution in [2.45, 2.75) is 51.0 Å². The molecule has 0 saturated carbocycles. The largest absolute Gasteiger partial charge is 0.353 e. The van der Waals surface area contributed by atoms with E-state index in [0.717, 1.165) is 19.3 Å². The van der Waals surface area contributed by atoms with Crippen LogP contribution in [0.15, 0.2) is 35.5 Å². The summed E-state index contributed by atoms with van der Waals surface area (Å²) in [5.41, 5.74) is 0.314. The number of nitro groups is 1. The Morgan fingerprint density at radius 2 is 1.87 bits per heavy atom. The third kappa shape index (κ3) is 4.77. The number of sulfonamides is 1. The molecule has 1 saturated heterocycles. The van der Waals surface area contributed by atoms with Gasteiger partial charge in [-0.2, -0.15) is 4.31 Å². The zero-order chi connectivity index (χ0) is 22.6. The Kier molecular flexibility index (Phi) is 7.06. The molecule has 31 heavy (non-hydrogen) atoms. The number of nitrogens with zero attached hydrogens (tertiary/aromatic N) is 5. The lowest BCUT2D eigenvalue weighted by Crippen LogP contribution is -2.38. The lowest BCUT2D eigenvalue weighted by Gasteiger charge is -2.33. The molecule has 168 valence electrons. The second-order valence-corrected chi connectivity index (χ2v) is 9.37. The van der Waals surface area contributed by atoms with Crippen LogP contribution >= 0.6 is 0 Å². The van der Waals surface area contributed by atoms with Crippen LogP contribution in [-0.4, -0.2) is 53.3 Å². The first-order valence-corrected chi connectivity index (χ1v) is 11.9. The molecule has 0 spiro atoms. The van der Waals surface area contributed by atoms with Gasteiger partial charge in [-0.05, 0) is 50.5 Å². The van der Waals surface area contributed by atoms with Gasteiger partial charge in [-0.3, -0.25) is 10.1 Å². The van der Waals surface area contributed by atoms with E-state index < -0.39 is 14.9 Å². The Hall–Kier alpha value is -2.79. The molecule has 2 heterocycles. The SMILES string of the molecule is CCN(CC)S(=O)(=O)c1ccc(Nc2ncnc(N3CCCCC3C)c2[N+](=O)[O-])cc1. The van der Waals surface area contributed by atoms with E-state index in [1.54, 1.807) is 26.0 Å². The first-order chi connectivity index (χ1) is 14.8. The second kappa shape index (κ2) is 9.56. The molecule has 0 amide bonds. The third-order valence-electron chi connectivity index (χ3n) is 5.52. The van der Waals surface area contributed by atoms with Gasteiger partial charge in [0.15, 0.2) is 0 Å². The average molecular weight is 449 g/mol. The molecule has 3 rings (SSSR count). The van der Waals surface area contributed by atoms with E-state index in [-0.39, 0.29) is 22.4 Å². The van der Waals surface area contributed by atoms with Crippen LogP contribution in [0.3, 0.4) is 0 Å². The van der Waals surface area contributed by atoms with E-state index in [9.17, 15) is 18.5 Å². The molecular formula is C20H28N6O4S. The highest BCUT2D eigenvalue weighted by Gasteiger charge is 2.31. The molecule has 1 N–H and O–H groups in total. The summed E-state index contributed by atoms with van der Waals surface area (Å²) in [5, 5.41) is 14.8. The van der Waals surface area contributed by atoms with Gasteiger partial charge in [0, 0.05) is 31.4 Å². The van der Waals surface area contributed by atoms with Gasteiger partial charge >= 0.3 is 5.69 Å². The molecule has 0 bridgehead atoms. The summed E-state index contributed by atoms with van der Waals surface area (Å²) in [6.45, 7) is 7.06. The van der Waals surface area contributed by atoms with Crippen LogP contribution in [0.1, 0.15) is 40.0 Å². The molecule has 2 aromatic rings. The first kappa shape index (κ1) is 22.9. The lowest BCUT2D eigenvalue weighted by molar-refractivity contribution is -0.383. The van der Waals surface area contributed by atoms with Crippen molar-refractivity contribution >= 4 is 33.0 Å². The molecule has 0 radical (unpaired) electrons. The molecular weight excluding hydrogens is 420 g/mol. The summed E-state index contributed by atoms with van der Waals surface area (Å²) in [6.07, 6.45) is 4.30. The molecule has 1 aromatic carbocycles. The van der Waals surface area contributed by atoms with Crippen molar-refractivity contribution in [3.05, 3.63) is 40.7 Å². The lowest BCUT2D eigenvalue weighted by atomic mass is 10.0.